The third kappa shape index (κ3) is 4.03. The van der Waals surface area contributed by atoms with Gasteiger partial charge in [-0.05, 0) is 17.7 Å². The zero-order chi connectivity index (χ0) is 13.1. The molecule has 0 aliphatic carbocycles. The van der Waals surface area contributed by atoms with Crippen LogP contribution >= 0.6 is 11.6 Å². The van der Waals surface area contributed by atoms with Gasteiger partial charge in [-0.25, -0.2) is 8.78 Å². The molecule has 0 atom stereocenters. The van der Waals surface area contributed by atoms with E-state index in [1.54, 1.807) is 0 Å². The SMILES string of the molecule is FC(F)COc1ccc(CCl)cc1C(F)(F)F. The standard InChI is InChI=1S/C10H8ClF5O/c11-4-6-1-2-8(17-5-9(12)13)7(3-6)10(14,15)16/h1-3,9H,4-5H2. The Labute approximate surface area is 99.1 Å². The van der Waals surface area contributed by atoms with Gasteiger partial charge >= 0.3 is 6.18 Å². The summed E-state index contributed by atoms with van der Waals surface area (Å²) in [5.41, 5.74) is -0.861. The molecule has 1 aromatic carbocycles. The van der Waals surface area contributed by atoms with Gasteiger partial charge < -0.3 is 4.74 Å². The van der Waals surface area contributed by atoms with E-state index in [0.717, 1.165) is 12.1 Å². The van der Waals surface area contributed by atoms with E-state index < -0.39 is 30.5 Å². The molecule has 0 amide bonds. The molecule has 7 heteroatoms. The Morgan fingerprint density at radius 2 is 1.88 bits per heavy atom. The highest BCUT2D eigenvalue weighted by atomic mass is 35.5. The first-order valence-electron chi connectivity index (χ1n) is 4.51. The first-order chi connectivity index (χ1) is 7.84. The van der Waals surface area contributed by atoms with Crippen molar-refractivity contribution < 1.29 is 26.7 Å². The predicted octanol–water partition coefficient (Wildman–Crippen LogP) is 4.09. The summed E-state index contributed by atoms with van der Waals surface area (Å²) >= 11 is 5.40. The molecule has 0 fully saturated rings. The molecule has 0 aliphatic rings. The van der Waals surface area contributed by atoms with Gasteiger partial charge in [0.15, 0.2) is 0 Å². The average molecular weight is 275 g/mol. The largest absolute Gasteiger partial charge is 0.487 e. The van der Waals surface area contributed by atoms with Crippen LogP contribution in [0.4, 0.5) is 22.0 Å². The first kappa shape index (κ1) is 14.0. The van der Waals surface area contributed by atoms with E-state index in [1.807, 2.05) is 0 Å². The van der Waals surface area contributed by atoms with Gasteiger partial charge in [-0.15, -0.1) is 11.6 Å². The summed E-state index contributed by atoms with van der Waals surface area (Å²) in [6.45, 7) is -1.08. The highest BCUT2D eigenvalue weighted by Gasteiger charge is 2.34. The monoisotopic (exact) mass is 274 g/mol. The van der Waals surface area contributed by atoms with Gasteiger partial charge in [0.1, 0.15) is 12.4 Å². The Hall–Kier alpha value is -1.04. The van der Waals surface area contributed by atoms with Crippen molar-refractivity contribution in [3.8, 4) is 5.75 Å². The maximum atomic E-state index is 12.6. The zero-order valence-electron chi connectivity index (χ0n) is 8.40. The highest BCUT2D eigenvalue weighted by Crippen LogP contribution is 2.37. The number of halogens is 6. The first-order valence-corrected chi connectivity index (χ1v) is 5.05. The Balaban J connectivity index is 3.03. The van der Waals surface area contributed by atoms with E-state index in [0.29, 0.717) is 0 Å². The molecule has 0 heterocycles. The molecule has 0 spiro atoms. The third-order valence-corrected chi connectivity index (χ3v) is 2.18. The van der Waals surface area contributed by atoms with Crippen LogP contribution in [0.1, 0.15) is 11.1 Å². The summed E-state index contributed by atoms with van der Waals surface area (Å²) < 4.78 is 65.9. The van der Waals surface area contributed by atoms with Gasteiger partial charge in [-0.2, -0.15) is 13.2 Å². The minimum Gasteiger partial charge on any atom is -0.487 e. The molecule has 0 bridgehead atoms. The number of ether oxygens (including phenoxy) is 1. The van der Waals surface area contributed by atoms with Crippen LogP contribution in [0.2, 0.25) is 0 Å². The van der Waals surface area contributed by atoms with Crippen molar-refractivity contribution in [2.75, 3.05) is 6.61 Å². The lowest BCUT2D eigenvalue weighted by molar-refractivity contribution is -0.139. The molecule has 1 rings (SSSR count). The van der Waals surface area contributed by atoms with Crippen molar-refractivity contribution in [3.63, 3.8) is 0 Å². The van der Waals surface area contributed by atoms with E-state index >= 15 is 0 Å². The Morgan fingerprint density at radius 1 is 1.24 bits per heavy atom. The summed E-state index contributed by atoms with van der Waals surface area (Å²) in [5, 5.41) is 0. The minimum absolute atomic E-state index is 0.0990. The number of hydrogen-bond acceptors (Lipinski definition) is 1. The van der Waals surface area contributed by atoms with Crippen LogP contribution in [0.3, 0.4) is 0 Å². The maximum Gasteiger partial charge on any atom is 0.419 e. The minimum atomic E-state index is -4.67. The predicted molar refractivity (Wildman–Crippen MR) is 52.5 cm³/mol. The molecule has 0 radical (unpaired) electrons. The smallest absolute Gasteiger partial charge is 0.419 e. The van der Waals surface area contributed by atoms with Crippen molar-refractivity contribution in [2.24, 2.45) is 0 Å². The molecule has 0 aromatic heterocycles. The Kier molecular flexibility index (Phi) is 4.56. The lowest BCUT2D eigenvalue weighted by Gasteiger charge is -2.14. The third-order valence-electron chi connectivity index (χ3n) is 1.87. The van der Waals surface area contributed by atoms with Crippen molar-refractivity contribution >= 4 is 11.6 Å². The lowest BCUT2D eigenvalue weighted by Crippen LogP contribution is -2.13. The van der Waals surface area contributed by atoms with Gasteiger partial charge in [-0.3, -0.25) is 0 Å². The van der Waals surface area contributed by atoms with Crippen LogP contribution < -0.4 is 4.74 Å². The van der Waals surface area contributed by atoms with Gasteiger partial charge in [0.05, 0.1) is 5.56 Å². The van der Waals surface area contributed by atoms with Crippen molar-refractivity contribution in [1.29, 1.82) is 0 Å². The van der Waals surface area contributed by atoms with Crippen molar-refractivity contribution in [1.82, 2.24) is 0 Å². The van der Waals surface area contributed by atoms with E-state index in [4.69, 9.17) is 11.6 Å². The van der Waals surface area contributed by atoms with Gasteiger partial charge in [0, 0.05) is 5.88 Å². The molecule has 17 heavy (non-hydrogen) atoms. The summed E-state index contributed by atoms with van der Waals surface area (Å²) in [5.74, 6) is -0.718. The van der Waals surface area contributed by atoms with Crippen LogP contribution in [-0.4, -0.2) is 13.0 Å². The van der Waals surface area contributed by atoms with Crippen LogP contribution in [0.25, 0.3) is 0 Å². The molecule has 1 aromatic rings. The molecule has 0 aliphatic heterocycles. The van der Waals surface area contributed by atoms with Gasteiger partial charge in [0.25, 0.3) is 6.43 Å². The second-order valence-electron chi connectivity index (χ2n) is 3.16. The molecule has 96 valence electrons. The van der Waals surface area contributed by atoms with Crippen molar-refractivity contribution in [2.45, 2.75) is 18.5 Å². The van der Waals surface area contributed by atoms with Crippen LogP contribution in [0.5, 0.6) is 5.75 Å². The van der Waals surface area contributed by atoms with Gasteiger partial charge in [-0.1, -0.05) is 6.07 Å². The van der Waals surface area contributed by atoms with Crippen LogP contribution in [0, 0.1) is 0 Å². The number of rotatable bonds is 4. The fourth-order valence-corrected chi connectivity index (χ4v) is 1.33. The average Bonchev–Trinajstić information content (AvgIpc) is 2.24. The zero-order valence-corrected chi connectivity index (χ0v) is 9.16. The highest BCUT2D eigenvalue weighted by molar-refractivity contribution is 6.17. The van der Waals surface area contributed by atoms with E-state index in [9.17, 15) is 22.0 Å². The molecule has 0 unspecified atom stereocenters. The van der Waals surface area contributed by atoms with Crippen LogP contribution in [0.15, 0.2) is 18.2 Å². The second-order valence-corrected chi connectivity index (χ2v) is 3.43. The quantitative estimate of drug-likeness (QED) is 0.593. The molecular formula is C10H8ClF5O. The molecule has 0 saturated heterocycles. The normalized spacial score (nSPS) is 11.9. The van der Waals surface area contributed by atoms with Gasteiger partial charge in [0.2, 0.25) is 0 Å². The van der Waals surface area contributed by atoms with E-state index in [2.05, 4.69) is 4.74 Å². The molecule has 0 N–H and O–H groups in total. The lowest BCUT2D eigenvalue weighted by atomic mass is 10.1. The topological polar surface area (TPSA) is 9.23 Å². The number of benzene rings is 1. The van der Waals surface area contributed by atoms with E-state index in [1.165, 1.54) is 6.07 Å². The Morgan fingerprint density at radius 3 is 2.35 bits per heavy atom. The van der Waals surface area contributed by atoms with Crippen LogP contribution in [-0.2, 0) is 12.1 Å². The fourth-order valence-electron chi connectivity index (χ4n) is 1.16. The van der Waals surface area contributed by atoms with Crippen molar-refractivity contribution in [3.05, 3.63) is 29.3 Å². The summed E-state index contributed by atoms with van der Waals surface area (Å²) in [6.07, 6.45) is -7.50. The maximum absolute atomic E-state index is 12.6. The molecule has 1 nitrogen and oxygen atoms in total. The Bertz CT molecular complexity index is 377. The summed E-state index contributed by atoms with van der Waals surface area (Å²) in [4.78, 5) is 0. The van der Waals surface area contributed by atoms with E-state index in [-0.39, 0.29) is 11.4 Å². The molecule has 0 saturated carbocycles. The molecular weight excluding hydrogens is 267 g/mol. The number of hydrogen-bond donors (Lipinski definition) is 0. The summed E-state index contributed by atoms with van der Waals surface area (Å²) in [7, 11) is 0. The summed E-state index contributed by atoms with van der Waals surface area (Å²) in [6, 6.07) is 3.07. The second kappa shape index (κ2) is 5.53. The fraction of sp³-hybridized carbons (Fsp3) is 0.400. The number of alkyl halides is 6.